The number of benzene rings is 2. The quantitative estimate of drug-likeness (QED) is 0.507. The maximum absolute atomic E-state index is 5.86. The summed E-state index contributed by atoms with van der Waals surface area (Å²) in [5, 5.41) is 0.659. The minimum Gasteiger partial charge on any atom is -0.398 e. The van der Waals surface area contributed by atoms with E-state index in [1.54, 1.807) is 17.8 Å². The van der Waals surface area contributed by atoms with Crippen LogP contribution in [0, 0.1) is 11.8 Å². The highest BCUT2D eigenvalue weighted by Gasteiger charge is 1.99. The van der Waals surface area contributed by atoms with E-state index in [-0.39, 0.29) is 0 Å². The van der Waals surface area contributed by atoms with Gasteiger partial charge in [0.15, 0.2) is 0 Å². The lowest BCUT2D eigenvalue weighted by molar-refractivity contribution is 1.46. The molecule has 2 N–H and O–H groups in total. The molecule has 1 nitrogen and oxygen atoms in total. The summed E-state index contributed by atoms with van der Waals surface area (Å²) in [6, 6.07) is 15.4. The molecule has 0 amide bonds. The molecule has 2 rings (SSSR count). The van der Waals surface area contributed by atoms with Gasteiger partial charge < -0.3 is 5.73 Å². The lowest BCUT2D eigenvalue weighted by Crippen LogP contribution is -1.88. The highest BCUT2D eigenvalue weighted by atomic mass is 35.5. The summed E-state index contributed by atoms with van der Waals surface area (Å²) < 4.78 is 0. The molecule has 0 heterocycles. The van der Waals surface area contributed by atoms with E-state index >= 15 is 0 Å². The first-order chi connectivity index (χ1) is 8.75. The molecule has 0 spiro atoms. The van der Waals surface area contributed by atoms with Crippen LogP contribution in [-0.2, 0) is 0 Å². The van der Waals surface area contributed by atoms with Crippen molar-refractivity contribution in [2.24, 2.45) is 0 Å². The lowest BCUT2D eigenvalue weighted by atomic mass is 10.2. The molecule has 90 valence electrons. The van der Waals surface area contributed by atoms with E-state index in [0.717, 1.165) is 10.5 Å². The largest absolute Gasteiger partial charge is 0.398 e. The fourth-order valence-electron chi connectivity index (χ4n) is 1.42. The third-order valence-electron chi connectivity index (χ3n) is 2.28. The fraction of sp³-hybridized carbons (Fsp3) is 0.0667. The summed E-state index contributed by atoms with van der Waals surface area (Å²) in [6.07, 6.45) is 0. The Bertz CT molecular complexity index is 584. The van der Waals surface area contributed by atoms with Crippen molar-refractivity contribution in [3.05, 3.63) is 59.1 Å². The molecule has 18 heavy (non-hydrogen) atoms. The number of anilines is 1. The molecule has 0 fully saturated rings. The fourth-order valence-corrected chi connectivity index (χ4v) is 2.29. The summed E-state index contributed by atoms with van der Waals surface area (Å²) in [4.78, 5) is 1.02. The molecule has 0 unspecified atom stereocenters. The molecule has 0 aliphatic rings. The number of halogens is 1. The number of thioether (sulfide) groups is 1. The highest BCUT2D eigenvalue weighted by molar-refractivity contribution is 7.99. The second-order valence-electron chi connectivity index (χ2n) is 3.64. The number of hydrogen-bond donors (Lipinski definition) is 1. The lowest BCUT2D eigenvalue weighted by Gasteiger charge is -2.02. The molecule has 0 bridgehead atoms. The zero-order valence-electron chi connectivity index (χ0n) is 9.69. The Morgan fingerprint density at radius 2 is 1.89 bits per heavy atom. The van der Waals surface area contributed by atoms with Gasteiger partial charge in [0, 0.05) is 21.2 Å². The summed E-state index contributed by atoms with van der Waals surface area (Å²) >= 11 is 7.46. The van der Waals surface area contributed by atoms with Gasteiger partial charge >= 0.3 is 0 Å². The van der Waals surface area contributed by atoms with E-state index in [4.69, 9.17) is 17.3 Å². The Morgan fingerprint density at radius 1 is 1.11 bits per heavy atom. The summed E-state index contributed by atoms with van der Waals surface area (Å²) in [7, 11) is 0. The second kappa shape index (κ2) is 6.39. The van der Waals surface area contributed by atoms with Crippen molar-refractivity contribution < 1.29 is 0 Å². The van der Waals surface area contributed by atoms with E-state index < -0.39 is 0 Å². The van der Waals surface area contributed by atoms with E-state index in [1.165, 1.54) is 0 Å². The second-order valence-corrected chi connectivity index (χ2v) is 5.09. The molecule has 0 aliphatic heterocycles. The highest BCUT2D eigenvalue weighted by Crippen LogP contribution is 2.27. The molecular weight excluding hydrogens is 262 g/mol. The maximum Gasteiger partial charge on any atom is 0.0599 e. The minimum atomic E-state index is 0.659. The third kappa shape index (κ3) is 3.73. The SMILES string of the molecule is Nc1cc(Cl)ccc1SCC#Cc1ccccc1. The molecule has 0 saturated heterocycles. The molecule has 2 aromatic carbocycles. The van der Waals surface area contributed by atoms with Crippen molar-refractivity contribution >= 4 is 29.1 Å². The monoisotopic (exact) mass is 273 g/mol. The molecule has 0 aromatic heterocycles. The summed E-state index contributed by atoms with van der Waals surface area (Å²) in [5.41, 5.74) is 7.59. The van der Waals surface area contributed by atoms with Crippen LogP contribution >= 0.6 is 23.4 Å². The van der Waals surface area contributed by atoms with Gasteiger partial charge in [-0.25, -0.2) is 0 Å². The molecule has 3 heteroatoms. The standard InChI is InChI=1S/C15H12ClNS/c16-13-8-9-15(14(17)11-13)18-10-4-7-12-5-2-1-3-6-12/h1-3,5-6,8-9,11H,10,17H2. The van der Waals surface area contributed by atoms with Crippen LogP contribution < -0.4 is 5.73 Å². The van der Waals surface area contributed by atoms with Crippen molar-refractivity contribution in [3.63, 3.8) is 0 Å². The van der Waals surface area contributed by atoms with Gasteiger partial charge in [-0.3, -0.25) is 0 Å². The van der Waals surface area contributed by atoms with Gasteiger partial charge in [-0.15, -0.1) is 11.8 Å². The van der Waals surface area contributed by atoms with Crippen molar-refractivity contribution in [3.8, 4) is 11.8 Å². The van der Waals surface area contributed by atoms with Gasteiger partial charge in [0.2, 0.25) is 0 Å². The van der Waals surface area contributed by atoms with Crippen LogP contribution in [0.5, 0.6) is 0 Å². The van der Waals surface area contributed by atoms with E-state index in [2.05, 4.69) is 11.8 Å². The van der Waals surface area contributed by atoms with Crippen molar-refractivity contribution in [1.82, 2.24) is 0 Å². The first-order valence-corrected chi connectivity index (χ1v) is 6.84. The Kier molecular flexibility index (Phi) is 4.58. The average molecular weight is 274 g/mol. The molecule has 0 radical (unpaired) electrons. The van der Waals surface area contributed by atoms with E-state index in [9.17, 15) is 0 Å². The third-order valence-corrected chi connectivity index (χ3v) is 3.48. The Balaban J connectivity index is 1.95. The molecular formula is C15H12ClNS. The smallest absolute Gasteiger partial charge is 0.0599 e. The van der Waals surface area contributed by atoms with Crippen LogP contribution in [-0.4, -0.2) is 5.75 Å². The molecule has 0 saturated carbocycles. The van der Waals surface area contributed by atoms with Crippen LogP contribution in [0.2, 0.25) is 5.02 Å². The van der Waals surface area contributed by atoms with Crippen molar-refractivity contribution in [2.45, 2.75) is 4.90 Å². The number of nitrogen functional groups attached to an aromatic ring is 1. The number of nitrogens with two attached hydrogens (primary N) is 1. The van der Waals surface area contributed by atoms with Gasteiger partial charge in [0.05, 0.1) is 5.75 Å². The van der Waals surface area contributed by atoms with Gasteiger partial charge in [-0.2, -0.15) is 0 Å². The van der Waals surface area contributed by atoms with Gasteiger partial charge in [0.1, 0.15) is 0 Å². The Morgan fingerprint density at radius 3 is 2.61 bits per heavy atom. The van der Waals surface area contributed by atoms with Crippen molar-refractivity contribution in [1.29, 1.82) is 0 Å². The zero-order valence-corrected chi connectivity index (χ0v) is 11.3. The summed E-state index contributed by atoms with van der Waals surface area (Å²) in [5.74, 6) is 6.93. The minimum absolute atomic E-state index is 0.659. The first kappa shape index (κ1) is 12.9. The predicted molar refractivity (Wildman–Crippen MR) is 79.9 cm³/mol. The van der Waals surface area contributed by atoms with Gasteiger partial charge in [-0.1, -0.05) is 41.6 Å². The van der Waals surface area contributed by atoms with Crippen LogP contribution in [0.4, 0.5) is 5.69 Å². The van der Waals surface area contributed by atoms with Crippen LogP contribution in [0.25, 0.3) is 0 Å². The van der Waals surface area contributed by atoms with Gasteiger partial charge in [0.25, 0.3) is 0 Å². The van der Waals surface area contributed by atoms with Gasteiger partial charge in [-0.05, 0) is 30.3 Å². The zero-order chi connectivity index (χ0) is 12.8. The van der Waals surface area contributed by atoms with Crippen LogP contribution in [0.1, 0.15) is 5.56 Å². The number of hydrogen-bond acceptors (Lipinski definition) is 2. The Labute approximate surface area is 116 Å². The molecule has 2 aromatic rings. The predicted octanol–water partition coefficient (Wildman–Crippen LogP) is 4.07. The summed E-state index contributed by atoms with van der Waals surface area (Å²) in [6.45, 7) is 0. The first-order valence-electron chi connectivity index (χ1n) is 5.47. The van der Waals surface area contributed by atoms with Crippen LogP contribution in [0.15, 0.2) is 53.4 Å². The Hall–Kier alpha value is -1.56. The average Bonchev–Trinajstić information content (AvgIpc) is 2.38. The maximum atomic E-state index is 5.86. The van der Waals surface area contributed by atoms with E-state index in [0.29, 0.717) is 16.5 Å². The molecule has 0 atom stereocenters. The molecule has 0 aliphatic carbocycles. The normalized spacial score (nSPS) is 9.61. The van der Waals surface area contributed by atoms with E-state index in [1.807, 2.05) is 42.5 Å². The van der Waals surface area contributed by atoms with Crippen LogP contribution in [0.3, 0.4) is 0 Å². The van der Waals surface area contributed by atoms with Crippen molar-refractivity contribution in [2.75, 3.05) is 11.5 Å². The number of rotatable bonds is 2. The topological polar surface area (TPSA) is 26.0 Å².